The fourth-order valence-electron chi connectivity index (χ4n) is 2.28. The Morgan fingerprint density at radius 2 is 2.00 bits per heavy atom. The molecular weight excluding hydrogens is 337 g/mol. The molecule has 1 aromatic carbocycles. The van der Waals surface area contributed by atoms with E-state index < -0.39 is 17.4 Å². The van der Waals surface area contributed by atoms with Gasteiger partial charge in [0.25, 0.3) is 0 Å². The molecule has 6 nitrogen and oxygen atoms in total. The lowest BCUT2D eigenvalue weighted by Gasteiger charge is -2.25. The van der Waals surface area contributed by atoms with Crippen molar-refractivity contribution in [3.05, 3.63) is 54.0 Å². The smallest absolute Gasteiger partial charge is 0.315 e. The van der Waals surface area contributed by atoms with Crippen LogP contribution in [0.25, 0.3) is 0 Å². The number of benzene rings is 1. The number of carbonyl (C=O) groups excluding carboxylic acids is 1. The number of nitrogens with zero attached hydrogens (tertiary/aromatic N) is 1. The summed E-state index contributed by atoms with van der Waals surface area (Å²) < 4.78 is 18.9. The second-order valence-corrected chi connectivity index (χ2v) is 5.99. The number of pyridine rings is 1. The zero-order valence-corrected chi connectivity index (χ0v) is 15.0. The van der Waals surface area contributed by atoms with Crippen molar-refractivity contribution < 1.29 is 19.0 Å². The standard InChI is InChI=1S/C19H24FN3O3/c1-3-19(25,4-2)13-23-18(24)22-12-14-7-6-10-21-17(14)26-16-9-5-8-15(20)11-16/h5-11,25H,3-4,12-13H2,1-2H3,(H2,22,23,24). The number of aliphatic hydroxyl groups is 1. The molecule has 3 N–H and O–H groups in total. The van der Waals surface area contributed by atoms with E-state index in [0.717, 1.165) is 0 Å². The summed E-state index contributed by atoms with van der Waals surface area (Å²) in [5, 5.41) is 15.6. The van der Waals surface area contributed by atoms with Crippen molar-refractivity contribution in [3.8, 4) is 11.6 Å². The zero-order valence-electron chi connectivity index (χ0n) is 15.0. The molecular formula is C19H24FN3O3. The number of aromatic nitrogens is 1. The maximum Gasteiger partial charge on any atom is 0.315 e. The Morgan fingerprint density at radius 1 is 1.23 bits per heavy atom. The van der Waals surface area contributed by atoms with Crippen LogP contribution in [-0.2, 0) is 6.54 Å². The quantitative estimate of drug-likeness (QED) is 0.673. The highest BCUT2D eigenvalue weighted by atomic mass is 19.1. The maximum absolute atomic E-state index is 13.3. The summed E-state index contributed by atoms with van der Waals surface area (Å²) in [4.78, 5) is 16.1. The molecule has 7 heteroatoms. The summed E-state index contributed by atoms with van der Waals surface area (Å²) in [6.45, 7) is 4.09. The van der Waals surface area contributed by atoms with Crippen LogP contribution in [0.1, 0.15) is 32.3 Å². The highest BCUT2D eigenvalue weighted by Gasteiger charge is 2.22. The molecule has 26 heavy (non-hydrogen) atoms. The third kappa shape index (κ3) is 5.70. The number of amides is 2. The number of halogens is 1. The fourth-order valence-corrected chi connectivity index (χ4v) is 2.28. The molecule has 0 radical (unpaired) electrons. The second-order valence-electron chi connectivity index (χ2n) is 5.99. The van der Waals surface area contributed by atoms with Gasteiger partial charge in [-0.1, -0.05) is 26.0 Å². The summed E-state index contributed by atoms with van der Waals surface area (Å²) in [6, 6.07) is 8.84. The van der Waals surface area contributed by atoms with Crippen LogP contribution in [0, 0.1) is 5.82 Å². The number of hydrogen-bond acceptors (Lipinski definition) is 4. The van der Waals surface area contributed by atoms with Crippen molar-refractivity contribution in [1.82, 2.24) is 15.6 Å². The Hall–Kier alpha value is -2.67. The van der Waals surface area contributed by atoms with Gasteiger partial charge in [-0.3, -0.25) is 0 Å². The minimum absolute atomic E-state index is 0.172. The van der Waals surface area contributed by atoms with Gasteiger partial charge in [0, 0.05) is 30.9 Å². The first kappa shape index (κ1) is 19.7. The molecule has 2 amide bonds. The van der Waals surface area contributed by atoms with Gasteiger partial charge in [-0.25, -0.2) is 14.2 Å². The van der Waals surface area contributed by atoms with E-state index in [1.165, 1.54) is 12.1 Å². The van der Waals surface area contributed by atoms with E-state index in [1.807, 2.05) is 13.8 Å². The van der Waals surface area contributed by atoms with Crippen LogP contribution in [0.3, 0.4) is 0 Å². The molecule has 0 aliphatic carbocycles. The largest absolute Gasteiger partial charge is 0.439 e. The van der Waals surface area contributed by atoms with Crippen molar-refractivity contribution in [2.24, 2.45) is 0 Å². The molecule has 140 valence electrons. The molecule has 0 aliphatic rings. The summed E-state index contributed by atoms with van der Waals surface area (Å²) in [6.07, 6.45) is 2.66. The van der Waals surface area contributed by atoms with E-state index in [4.69, 9.17) is 4.74 Å². The SMILES string of the molecule is CCC(O)(CC)CNC(=O)NCc1cccnc1Oc1cccc(F)c1. The van der Waals surface area contributed by atoms with Crippen molar-refractivity contribution in [2.45, 2.75) is 38.8 Å². The van der Waals surface area contributed by atoms with Gasteiger partial charge in [0.05, 0.1) is 5.60 Å². The Bertz CT molecular complexity index is 735. The Labute approximate surface area is 152 Å². The van der Waals surface area contributed by atoms with Crippen LogP contribution in [-0.4, -0.2) is 28.3 Å². The number of urea groups is 1. The maximum atomic E-state index is 13.3. The van der Waals surface area contributed by atoms with Crippen LogP contribution >= 0.6 is 0 Å². The minimum Gasteiger partial charge on any atom is -0.439 e. The molecule has 2 aromatic rings. The lowest BCUT2D eigenvalue weighted by molar-refractivity contribution is 0.0349. The number of ether oxygens (including phenoxy) is 1. The minimum atomic E-state index is -0.905. The van der Waals surface area contributed by atoms with Crippen molar-refractivity contribution in [1.29, 1.82) is 0 Å². The van der Waals surface area contributed by atoms with Crippen LogP contribution in [0.4, 0.5) is 9.18 Å². The van der Waals surface area contributed by atoms with E-state index in [1.54, 1.807) is 30.5 Å². The predicted octanol–water partition coefficient (Wildman–Crippen LogP) is 3.36. The predicted molar refractivity (Wildman–Crippen MR) is 96.5 cm³/mol. The van der Waals surface area contributed by atoms with E-state index in [2.05, 4.69) is 15.6 Å². The van der Waals surface area contributed by atoms with Crippen molar-refractivity contribution >= 4 is 6.03 Å². The normalized spacial score (nSPS) is 11.1. The molecule has 0 aliphatic heterocycles. The Morgan fingerprint density at radius 3 is 2.69 bits per heavy atom. The molecule has 0 saturated heterocycles. The Kier molecular flexibility index (Phi) is 6.91. The van der Waals surface area contributed by atoms with Crippen LogP contribution in [0.15, 0.2) is 42.6 Å². The van der Waals surface area contributed by atoms with Gasteiger partial charge >= 0.3 is 6.03 Å². The lowest BCUT2D eigenvalue weighted by atomic mass is 9.98. The molecule has 0 unspecified atom stereocenters. The highest BCUT2D eigenvalue weighted by molar-refractivity contribution is 5.74. The average Bonchev–Trinajstić information content (AvgIpc) is 2.65. The van der Waals surface area contributed by atoms with Gasteiger partial charge in [0.2, 0.25) is 5.88 Å². The third-order valence-corrected chi connectivity index (χ3v) is 4.19. The number of hydrogen-bond donors (Lipinski definition) is 3. The van der Waals surface area contributed by atoms with Gasteiger partial charge in [0.15, 0.2) is 0 Å². The summed E-state index contributed by atoms with van der Waals surface area (Å²) >= 11 is 0. The number of carbonyl (C=O) groups is 1. The molecule has 2 rings (SSSR count). The lowest BCUT2D eigenvalue weighted by Crippen LogP contribution is -2.45. The third-order valence-electron chi connectivity index (χ3n) is 4.19. The first-order chi connectivity index (χ1) is 12.5. The van der Waals surface area contributed by atoms with Crippen LogP contribution in [0.2, 0.25) is 0 Å². The van der Waals surface area contributed by atoms with Gasteiger partial charge < -0.3 is 20.5 Å². The molecule has 0 saturated carbocycles. The number of nitrogens with one attached hydrogen (secondary N) is 2. The van der Waals surface area contributed by atoms with Gasteiger partial charge in [-0.15, -0.1) is 0 Å². The number of rotatable bonds is 8. The van der Waals surface area contributed by atoms with E-state index >= 15 is 0 Å². The molecule has 0 fully saturated rings. The molecule has 0 spiro atoms. The van der Waals surface area contributed by atoms with E-state index in [9.17, 15) is 14.3 Å². The van der Waals surface area contributed by atoms with Gasteiger partial charge in [-0.2, -0.15) is 0 Å². The average molecular weight is 361 g/mol. The summed E-state index contributed by atoms with van der Waals surface area (Å²) in [5.41, 5.74) is -0.259. The van der Waals surface area contributed by atoms with Crippen molar-refractivity contribution in [3.63, 3.8) is 0 Å². The first-order valence-corrected chi connectivity index (χ1v) is 8.57. The van der Waals surface area contributed by atoms with Crippen LogP contribution < -0.4 is 15.4 Å². The first-order valence-electron chi connectivity index (χ1n) is 8.57. The monoisotopic (exact) mass is 361 g/mol. The fraction of sp³-hybridized carbons (Fsp3) is 0.368. The van der Waals surface area contributed by atoms with Gasteiger partial charge in [0.1, 0.15) is 11.6 Å². The molecule has 0 atom stereocenters. The Balaban J connectivity index is 1.94. The van der Waals surface area contributed by atoms with Gasteiger partial charge in [-0.05, 0) is 31.0 Å². The van der Waals surface area contributed by atoms with E-state index in [0.29, 0.717) is 24.2 Å². The van der Waals surface area contributed by atoms with E-state index in [-0.39, 0.29) is 19.0 Å². The molecule has 1 heterocycles. The highest BCUT2D eigenvalue weighted by Crippen LogP contribution is 2.23. The van der Waals surface area contributed by atoms with Crippen LogP contribution in [0.5, 0.6) is 11.6 Å². The topological polar surface area (TPSA) is 83.5 Å². The van der Waals surface area contributed by atoms with Crippen molar-refractivity contribution in [2.75, 3.05) is 6.54 Å². The summed E-state index contributed by atoms with van der Waals surface area (Å²) in [5.74, 6) is 0.208. The zero-order chi connectivity index (χ0) is 19.0. The molecule has 0 bridgehead atoms. The molecule has 1 aromatic heterocycles. The second kappa shape index (κ2) is 9.15. The summed E-state index contributed by atoms with van der Waals surface area (Å²) in [7, 11) is 0.